The summed E-state index contributed by atoms with van der Waals surface area (Å²) in [5, 5.41) is 0. The second-order valence-corrected chi connectivity index (χ2v) is 23.2. The molecule has 0 aliphatic carbocycles. The molecule has 0 spiro atoms. The summed E-state index contributed by atoms with van der Waals surface area (Å²) in [6, 6.07) is 22.1. The minimum Gasteiger partial charge on any atom is -0.354 e. The Morgan fingerprint density at radius 2 is 0.556 bits per heavy atom. The van der Waals surface area contributed by atoms with Crippen molar-refractivity contribution in [3.63, 3.8) is 0 Å². The monoisotopic (exact) mass is 1050 g/mol. The molecule has 2 aliphatic rings. The van der Waals surface area contributed by atoms with Crippen LogP contribution < -0.4 is 18.3 Å². The second-order valence-electron chi connectivity index (χ2n) is 16.9. The highest BCUT2D eigenvalue weighted by molar-refractivity contribution is 7.86. The molecule has 7 aromatic rings. The van der Waals surface area contributed by atoms with Crippen LogP contribution in [0.25, 0.3) is 90.9 Å². The minimum absolute atomic E-state index is 0.000842. The molecular weight excluding hydrogens is 1010 g/mol. The summed E-state index contributed by atoms with van der Waals surface area (Å²) in [6.07, 6.45) is 21.1. The fourth-order valence-corrected chi connectivity index (χ4v) is 10.2. The van der Waals surface area contributed by atoms with E-state index in [-0.39, 0.29) is 26.2 Å². The van der Waals surface area contributed by atoms with Gasteiger partial charge in [-0.1, -0.05) is 0 Å². The van der Waals surface area contributed by atoms with Crippen molar-refractivity contribution in [1.82, 2.24) is 19.9 Å². The lowest BCUT2D eigenvalue weighted by Crippen LogP contribution is -2.36. The fourth-order valence-electron chi connectivity index (χ4n) is 8.40. The van der Waals surface area contributed by atoms with E-state index in [0.717, 1.165) is 5.56 Å². The highest BCUT2D eigenvalue weighted by Crippen LogP contribution is 2.38. The van der Waals surface area contributed by atoms with E-state index in [1.54, 1.807) is 80.0 Å². The van der Waals surface area contributed by atoms with Crippen LogP contribution in [0.3, 0.4) is 0 Å². The zero-order valence-electron chi connectivity index (χ0n) is 37.9. The van der Waals surface area contributed by atoms with Crippen LogP contribution in [0, 0.1) is 0 Å². The molecule has 0 radical (unpaired) electrons. The maximum absolute atomic E-state index is 11.6. The van der Waals surface area contributed by atoms with Gasteiger partial charge in [0.1, 0.15) is 23.0 Å². The van der Waals surface area contributed by atoms with E-state index in [1.807, 2.05) is 85.0 Å². The van der Waals surface area contributed by atoms with Crippen LogP contribution in [0.5, 0.6) is 0 Å². The Morgan fingerprint density at radius 3 is 0.819 bits per heavy atom. The first kappa shape index (κ1) is 49.8. The van der Waals surface area contributed by atoms with E-state index in [2.05, 4.69) is 9.97 Å². The quantitative estimate of drug-likeness (QED) is 0.0589. The van der Waals surface area contributed by atoms with Crippen LogP contribution in [-0.2, 0) is 66.7 Å². The Hall–Kier alpha value is -7.16. The molecule has 0 fully saturated rings. The van der Waals surface area contributed by atoms with Gasteiger partial charge in [-0.2, -0.15) is 33.7 Å². The van der Waals surface area contributed by atoms with Crippen molar-refractivity contribution >= 4 is 86.8 Å². The van der Waals surface area contributed by atoms with Crippen LogP contribution in [0.15, 0.2) is 122 Å². The van der Waals surface area contributed by atoms with Crippen LogP contribution in [0.1, 0.15) is 22.8 Å². The van der Waals surface area contributed by atoms with Gasteiger partial charge in [0.15, 0.2) is 75.8 Å². The van der Waals surface area contributed by atoms with Gasteiger partial charge < -0.3 is 9.97 Å². The van der Waals surface area contributed by atoms with Gasteiger partial charge in [0.05, 0.1) is 22.8 Å². The van der Waals surface area contributed by atoms with Gasteiger partial charge in [-0.15, -0.1) is 0 Å². The fraction of sp³-hybridized carbons (Fsp3) is 0.167. The van der Waals surface area contributed by atoms with E-state index < -0.39 is 63.5 Å². The first-order chi connectivity index (χ1) is 34.1. The van der Waals surface area contributed by atoms with Crippen molar-refractivity contribution < 1.29 is 70.2 Å². The number of rotatable bonds is 16. The lowest BCUT2D eigenvalue weighted by atomic mass is 10.0. The van der Waals surface area contributed by atoms with Crippen LogP contribution in [-0.4, -0.2) is 94.8 Å². The van der Waals surface area contributed by atoms with Gasteiger partial charge in [0.25, 0.3) is 40.5 Å². The Labute approximate surface area is 413 Å². The number of pyridine rings is 4. The zero-order chi connectivity index (χ0) is 51.0. The van der Waals surface area contributed by atoms with Gasteiger partial charge in [-0.3, -0.25) is 18.2 Å². The summed E-state index contributed by atoms with van der Waals surface area (Å²) in [5.41, 5.74) is 10.3. The summed E-state index contributed by atoms with van der Waals surface area (Å²) in [6.45, 7) is 0.0140. The number of aromatic nitrogens is 8. The van der Waals surface area contributed by atoms with Crippen molar-refractivity contribution in [3.05, 3.63) is 145 Å². The number of nitrogens with one attached hydrogen (secondary N) is 2. The van der Waals surface area contributed by atoms with Crippen molar-refractivity contribution in [3.8, 4) is 44.5 Å². The topological polar surface area (TPSA) is 290 Å². The molecule has 370 valence electrons. The molecular formula is C48H46N8O12S4+4. The van der Waals surface area contributed by atoms with Gasteiger partial charge >= 0.3 is 0 Å². The highest BCUT2D eigenvalue weighted by Gasteiger charge is 2.22. The average molecular weight is 1060 g/mol. The van der Waals surface area contributed by atoms with Crippen molar-refractivity contribution in [2.45, 2.75) is 26.2 Å². The Morgan fingerprint density at radius 1 is 0.333 bits per heavy atom. The average Bonchev–Trinajstić information content (AvgIpc) is 4.18. The van der Waals surface area contributed by atoms with Crippen LogP contribution >= 0.6 is 0 Å². The molecule has 0 amide bonds. The number of aromatic amines is 2. The predicted molar refractivity (Wildman–Crippen MR) is 267 cm³/mol. The SMILES string of the molecule is O=S(=O)(O)CC[n+]1ccc(-c2c3nc(c(-c4cc[n+](CCS(=O)(=O)O)cc4)c4ccc([nH]4)c(-c4cc[n+](CCS(=O)(=O)O)cc4)c4ccc([nH]4)c(-c4cc[n+](CCS(=O)(=O)O)cc4)c4nc2C=C4)C=C3)cc1. The molecule has 9 rings (SSSR count). The number of hydrogen-bond acceptors (Lipinski definition) is 10. The molecule has 0 saturated carbocycles. The highest BCUT2D eigenvalue weighted by atomic mass is 32.2. The Kier molecular flexibility index (Phi) is 13.7. The summed E-state index contributed by atoms with van der Waals surface area (Å²) in [7, 11) is -16.9. The number of aryl methyl sites for hydroxylation is 4. The zero-order valence-corrected chi connectivity index (χ0v) is 41.2. The molecule has 0 unspecified atom stereocenters. The Bertz CT molecular complexity index is 3780. The van der Waals surface area contributed by atoms with Crippen molar-refractivity contribution in [1.29, 1.82) is 0 Å². The molecule has 20 nitrogen and oxygen atoms in total. The third-order valence-electron chi connectivity index (χ3n) is 11.9. The van der Waals surface area contributed by atoms with Crippen molar-refractivity contribution in [2.24, 2.45) is 0 Å². The normalized spacial score (nSPS) is 12.9. The van der Waals surface area contributed by atoms with Gasteiger partial charge in [0, 0.05) is 92.9 Å². The largest absolute Gasteiger partial charge is 0.354 e. The number of nitrogens with zero attached hydrogens (tertiary/aromatic N) is 6. The maximum Gasteiger partial charge on any atom is 0.271 e. The maximum atomic E-state index is 11.6. The van der Waals surface area contributed by atoms with Crippen LogP contribution in [0.2, 0.25) is 0 Å². The predicted octanol–water partition coefficient (Wildman–Crippen LogP) is 4.02. The van der Waals surface area contributed by atoms with Gasteiger partial charge in [-0.25, -0.2) is 28.2 Å². The number of H-pyrrole nitrogens is 2. The summed E-state index contributed by atoms with van der Waals surface area (Å²) >= 11 is 0. The van der Waals surface area contributed by atoms with E-state index >= 15 is 0 Å². The molecule has 8 bridgehead atoms. The number of hydrogen-bond donors (Lipinski definition) is 6. The van der Waals surface area contributed by atoms with E-state index in [1.165, 1.54) is 0 Å². The van der Waals surface area contributed by atoms with Crippen molar-refractivity contribution in [2.75, 3.05) is 23.0 Å². The number of fused-ring (bicyclic) bond motifs is 8. The smallest absolute Gasteiger partial charge is 0.271 e. The first-order valence-electron chi connectivity index (χ1n) is 22.1. The van der Waals surface area contributed by atoms with Gasteiger partial charge in [0.2, 0.25) is 0 Å². The summed E-state index contributed by atoms with van der Waals surface area (Å²) in [4.78, 5) is 17.7. The molecule has 0 aromatic carbocycles. The Balaban J connectivity index is 1.33. The molecule has 6 N–H and O–H groups in total. The molecule has 7 aromatic heterocycles. The summed E-state index contributed by atoms with van der Waals surface area (Å²) < 4.78 is 137. The standard InChI is InChI=1S/C48H42N8O12S4/c57-69(58,59)29-25-53-17-9-33(10-18-53)45-37-1-2-38(49-37)46(34-11-19-54(20-12-34)26-30-70(60,61)62)40-5-6-42(51-40)48(36-15-23-56(24-16-36)28-32-72(66,67)68)44-8-7-43(52-44)47(41-4-3-39(45)50-41)35-13-21-55(22-14-35)27-31-71(63,64)65/h1-24H,25-32H2,(H2-3,49,50,51,52,57,58,59,60,61,62,63,64,65,66,67,68)/p+4. The van der Waals surface area contributed by atoms with Crippen LogP contribution in [0.4, 0.5) is 0 Å². The van der Waals surface area contributed by atoms with E-state index in [4.69, 9.17) is 9.97 Å². The lowest BCUT2D eigenvalue weighted by molar-refractivity contribution is -0.692. The third kappa shape index (κ3) is 12.1. The first-order valence-corrected chi connectivity index (χ1v) is 28.5. The lowest BCUT2D eigenvalue weighted by Gasteiger charge is -2.07. The van der Waals surface area contributed by atoms with Gasteiger partial charge in [-0.05, 0) is 70.8 Å². The molecule has 0 saturated heterocycles. The molecule has 72 heavy (non-hydrogen) atoms. The molecule has 2 aliphatic heterocycles. The molecule has 9 heterocycles. The molecule has 0 atom stereocenters. The summed E-state index contributed by atoms with van der Waals surface area (Å²) in [5.74, 6) is -1.94. The second kappa shape index (κ2) is 19.8. The molecule has 24 heteroatoms. The third-order valence-corrected chi connectivity index (χ3v) is 14.7. The minimum atomic E-state index is -4.23. The van der Waals surface area contributed by atoms with E-state index in [0.29, 0.717) is 83.8 Å². The van der Waals surface area contributed by atoms with E-state index in [9.17, 15) is 51.9 Å².